The summed E-state index contributed by atoms with van der Waals surface area (Å²) in [7, 11) is 0. The van der Waals surface area contributed by atoms with E-state index in [-0.39, 0.29) is 12.5 Å². The molecule has 3 amide bonds. The van der Waals surface area contributed by atoms with Gasteiger partial charge in [-0.05, 0) is 29.3 Å². The third kappa shape index (κ3) is 3.19. The second-order valence-electron chi connectivity index (χ2n) is 6.53. The van der Waals surface area contributed by atoms with Crippen LogP contribution in [0.25, 0.3) is 10.9 Å². The highest BCUT2D eigenvalue weighted by molar-refractivity contribution is 6.35. The molecule has 1 saturated heterocycles. The Labute approximate surface area is 170 Å². The minimum atomic E-state index is -0.659. The van der Waals surface area contributed by atoms with Crippen LogP contribution in [-0.4, -0.2) is 27.9 Å². The third-order valence-corrected chi connectivity index (χ3v) is 5.42. The zero-order chi connectivity index (χ0) is 19.8. The van der Waals surface area contributed by atoms with Gasteiger partial charge in [-0.3, -0.25) is 9.69 Å². The highest BCUT2D eigenvalue weighted by Crippen LogP contribution is 2.27. The minimum absolute atomic E-state index is 0.0761. The Bertz CT molecular complexity index is 1150. The number of hydrogen-bond acceptors (Lipinski definition) is 3. The lowest BCUT2D eigenvalue weighted by atomic mass is 10.0. The van der Waals surface area contributed by atoms with Crippen LogP contribution in [-0.2, 0) is 17.8 Å². The van der Waals surface area contributed by atoms with Gasteiger partial charge in [-0.15, -0.1) is 0 Å². The topological polar surface area (TPSA) is 89.0 Å². The summed E-state index contributed by atoms with van der Waals surface area (Å²) in [4.78, 5) is 29.4. The Kier molecular flexibility index (Phi) is 4.71. The number of urea groups is 1. The van der Waals surface area contributed by atoms with E-state index in [0.29, 0.717) is 27.6 Å². The van der Waals surface area contributed by atoms with Crippen LogP contribution in [0.3, 0.4) is 0 Å². The second-order valence-corrected chi connectivity index (χ2v) is 7.35. The largest absolute Gasteiger partial charge is 0.360 e. The van der Waals surface area contributed by atoms with Gasteiger partial charge in [-0.2, -0.15) is 5.26 Å². The standard InChI is InChI=1S/C20H14Cl2N4O2/c21-15-5-4-11(6-12(15)8-23)10-26-19(27)17(25-20(26)28)7-13-9-24-18-14(13)2-1-3-16(18)22/h1-6,9,17,24H,7,10H2,(H,25,28)/t17-/m1/s1. The summed E-state index contributed by atoms with van der Waals surface area (Å²) in [6.45, 7) is 0.0761. The highest BCUT2D eigenvalue weighted by atomic mass is 35.5. The van der Waals surface area contributed by atoms with Gasteiger partial charge in [-0.1, -0.05) is 41.4 Å². The number of aromatic amines is 1. The molecule has 0 aliphatic carbocycles. The van der Waals surface area contributed by atoms with Crippen molar-refractivity contribution in [2.75, 3.05) is 0 Å². The molecule has 8 heteroatoms. The predicted molar refractivity (Wildman–Crippen MR) is 106 cm³/mol. The number of nitriles is 1. The van der Waals surface area contributed by atoms with E-state index >= 15 is 0 Å². The molecule has 4 rings (SSSR count). The number of fused-ring (bicyclic) bond motifs is 1. The number of carbonyl (C=O) groups excluding carboxylic acids is 2. The third-order valence-electron chi connectivity index (χ3n) is 4.77. The molecule has 1 aliphatic heterocycles. The lowest BCUT2D eigenvalue weighted by Crippen LogP contribution is -2.32. The first-order valence-electron chi connectivity index (χ1n) is 8.53. The summed E-state index contributed by atoms with van der Waals surface area (Å²) in [5.74, 6) is -0.310. The van der Waals surface area contributed by atoms with Gasteiger partial charge >= 0.3 is 6.03 Å². The van der Waals surface area contributed by atoms with Gasteiger partial charge in [0.15, 0.2) is 0 Å². The Hall–Kier alpha value is -3.01. The van der Waals surface area contributed by atoms with E-state index in [1.165, 1.54) is 0 Å². The van der Waals surface area contributed by atoms with Crippen LogP contribution in [0.1, 0.15) is 16.7 Å². The lowest BCUT2D eigenvalue weighted by molar-refractivity contribution is -0.127. The molecule has 0 bridgehead atoms. The van der Waals surface area contributed by atoms with Crippen LogP contribution in [0.5, 0.6) is 0 Å². The minimum Gasteiger partial charge on any atom is -0.360 e. The molecule has 0 saturated carbocycles. The molecule has 0 unspecified atom stereocenters. The molecule has 6 nitrogen and oxygen atoms in total. The second kappa shape index (κ2) is 7.19. The average Bonchev–Trinajstić information content (AvgIpc) is 3.21. The quantitative estimate of drug-likeness (QED) is 0.634. The van der Waals surface area contributed by atoms with Gasteiger partial charge in [0.2, 0.25) is 0 Å². The van der Waals surface area contributed by atoms with Crippen LogP contribution in [0.2, 0.25) is 10.0 Å². The number of para-hydroxylation sites is 1. The van der Waals surface area contributed by atoms with E-state index in [0.717, 1.165) is 21.4 Å². The molecule has 2 N–H and O–H groups in total. The maximum absolute atomic E-state index is 12.8. The van der Waals surface area contributed by atoms with E-state index in [2.05, 4.69) is 10.3 Å². The number of amides is 3. The van der Waals surface area contributed by atoms with Crippen molar-refractivity contribution in [3.63, 3.8) is 0 Å². The summed E-state index contributed by atoms with van der Waals surface area (Å²) in [6, 6.07) is 11.3. The van der Waals surface area contributed by atoms with Crippen LogP contribution in [0, 0.1) is 11.3 Å². The molecule has 3 aromatic rings. The Morgan fingerprint density at radius 3 is 2.75 bits per heavy atom. The molecule has 2 aromatic carbocycles. The maximum atomic E-state index is 12.8. The molecular formula is C20H14Cl2N4O2. The number of nitrogens with one attached hydrogen (secondary N) is 2. The summed E-state index contributed by atoms with van der Waals surface area (Å²) >= 11 is 12.1. The molecule has 0 radical (unpaired) electrons. The van der Waals surface area contributed by atoms with Crippen molar-refractivity contribution in [2.45, 2.75) is 19.0 Å². The number of rotatable bonds is 4. The van der Waals surface area contributed by atoms with Gasteiger partial charge in [0.1, 0.15) is 12.1 Å². The molecule has 1 fully saturated rings. The van der Waals surface area contributed by atoms with E-state index in [9.17, 15) is 9.59 Å². The monoisotopic (exact) mass is 412 g/mol. The summed E-state index contributed by atoms with van der Waals surface area (Å²) in [6.07, 6.45) is 2.16. The van der Waals surface area contributed by atoms with Crippen molar-refractivity contribution in [3.05, 3.63) is 69.3 Å². The maximum Gasteiger partial charge on any atom is 0.325 e. The van der Waals surface area contributed by atoms with Crippen molar-refractivity contribution >= 4 is 46.0 Å². The average molecular weight is 413 g/mol. The number of nitrogens with zero attached hydrogens (tertiary/aromatic N) is 2. The molecule has 1 aliphatic rings. The van der Waals surface area contributed by atoms with Crippen molar-refractivity contribution in [2.24, 2.45) is 0 Å². The van der Waals surface area contributed by atoms with Gasteiger partial charge in [0, 0.05) is 18.0 Å². The number of halogens is 2. The normalized spacial score (nSPS) is 16.5. The van der Waals surface area contributed by atoms with Crippen LogP contribution < -0.4 is 5.32 Å². The molecule has 140 valence electrons. The lowest BCUT2D eigenvalue weighted by Gasteiger charge is -2.13. The molecule has 28 heavy (non-hydrogen) atoms. The zero-order valence-corrected chi connectivity index (χ0v) is 16.0. The van der Waals surface area contributed by atoms with Gasteiger partial charge < -0.3 is 10.3 Å². The van der Waals surface area contributed by atoms with Crippen molar-refractivity contribution in [1.82, 2.24) is 15.2 Å². The van der Waals surface area contributed by atoms with Crippen LogP contribution >= 0.6 is 23.2 Å². The SMILES string of the molecule is N#Cc1cc(CN2C(=O)N[C@H](Cc3c[nH]c4c(Cl)cccc34)C2=O)ccc1Cl. The molecular weight excluding hydrogens is 399 g/mol. The zero-order valence-electron chi connectivity index (χ0n) is 14.5. The summed E-state index contributed by atoms with van der Waals surface area (Å²) in [5.41, 5.74) is 2.66. The van der Waals surface area contributed by atoms with E-state index in [1.807, 2.05) is 18.2 Å². The fourth-order valence-corrected chi connectivity index (χ4v) is 3.76. The van der Waals surface area contributed by atoms with Crippen molar-refractivity contribution in [1.29, 1.82) is 5.26 Å². The van der Waals surface area contributed by atoms with E-state index in [4.69, 9.17) is 28.5 Å². The Morgan fingerprint density at radius 1 is 1.14 bits per heavy atom. The van der Waals surface area contributed by atoms with Gasteiger partial charge in [-0.25, -0.2) is 4.79 Å². The first-order valence-corrected chi connectivity index (χ1v) is 9.28. The predicted octanol–water partition coefficient (Wildman–Crippen LogP) is 4.01. The summed E-state index contributed by atoms with van der Waals surface area (Å²) < 4.78 is 0. The molecule has 1 atom stereocenters. The molecule has 2 heterocycles. The highest BCUT2D eigenvalue weighted by Gasteiger charge is 2.38. The number of carbonyl (C=O) groups is 2. The first-order chi connectivity index (χ1) is 13.5. The van der Waals surface area contributed by atoms with Crippen molar-refractivity contribution < 1.29 is 9.59 Å². The number of benzene rings is 2. The van der Waals surface area contributed by atoms with E-state index < -0.39 is 12.1 Å². The van der Waals surface area contributed by atoms with Gasteiger partial charge in [0.05, 0.1) is 27.7 Å². The fraction of sp³-hybridized carbons (Fsp3) is 0.150. The first kappa shape index (κ1) is 18.4. The number of hydrogen-bond donors (Lipinski definition) is 2. The van der Waals surface area contributed by atoms with Crippen molar-refractivity contribution in [3.8, 4) is 6.07 Å². The Balaban J connectivity index is 1.54. The summed E-state index contributed by atoms with van der Waals surface area (Å²) in [5, 5.41) is 13.7. The van der Waals surface area contributed by atoms with E-state index in [1.54, 1.807) is 30.5 Å². The Morgan fingerprint density at radius 2 is 1.96 bits per heavy atom. The number of aromatic nitrogens is 1. The van der Waals surface area contributed by atoms with Crippen LogP contribution in [0.15, 0.2) is 42.6 Å². The van der Waals surface area contributed by atoms with Gasteiger partial charge in [0.25, 0.3) is 5.91 Å². The van der Waals surface area contributed by atoms with Crippen LogP contribution in [0.4, 0.5) is 4.79 Å². The molecule has 1 aromatic heterocycles. The number of H-pyrrole nitrogens is 1. The molecule has 0 spiro atoms. The fourth-order valence-electron chi connectivity index (χ4n) is 3.37. The number of imide groups is 1. The smallest absolute Gasteiger partial charge is 0.325 e.